The quantitative estimate of drug-likeness (QED) is 0.880. The summed E-state index contributed by atoms with van der Waals surface area (Å²) in [4.78, 5) is 11.7. The summed E-state index contributed by atoms with van der Waals surface area (Å²) < 4.78 is 24.4. The van der Waals surface area contributed by atoms with E-state index in [-0.39, 0.29) is 6.42 Å². The van der Waals surface area contributed by atoms with Crippen molar-refractivity contribution in [2.24, 2.45) is 0 Å². The fraction of sp³-hybridized carbons (Fsp3) is 0.562. The third-order valence-electron chi connectivity index (χ3n) is 4.27. The second-order valence-corrected chi connectivity index (χ2v) is 5.57. The molecule has 1 aliphatic rings. The Morgan fingerprint density at radius 1 is 1.15 bits per heavy atom. The normalized spacial score (nSPS) is 18.1. The number of carboxylic acids is 1. The zero-order valence-corrected chi connectivity index (χ0v) is 11.4. The number of hydrogen-bond donors (Lipinski definition) is 1. The van der Waals surface area contributed by atoms with Gasteiger partial charge in [0.15, 0.2) is 0 Å². The Morgan fingerprint density at radius 3 is 2.25 bits per heavy atom. The Morgan fingerprint density at radius 2 is 1.75 bits per heavy atom. The lowest BCUT2D eigenvalue weighted by molar-refractivity contribution is -0.145. The van der Waals surface area contributed by atoms with Crippen molar-refractivity contribution >= 4 is 5.97 Å². The van der Waals surface area contributed by atoms with E-state index in [0.29, 0.717) is 19.3 Å². The van der Waals surface area contributed by atoms with E-state index < -0.39 is 17.8 Å². The zero-order chi connectivity index (χ0) is 14.6. The average molecular weight is 282 g/mol. The molecule has 1 aromatic rings. The summed E-state index contributed by atoms with van der Waals surface area (Å²) in [6.07, 6.45) is 2.16. The van der Waals surface area contributed by atoms with Gasteiger partial charge in [-0.15, -0.1) is 0 Å². The van der Waals surface area contributed by atoms with Crippen molar-refractivity contribution < 1.29 is 18.7 Å². The summed E-state index contributed by atoms with van der Waals surface area (Å²) in [7, 11) is 0. The van der Waals surface area contributed by atoms with Crippen LogP contribution in [0.25, 0.3) is 0 Å². The number of rotatable bonds is 5. The van der Waals surface area contributed by atoms with Crippen molar-refractivity contribution in [3.8, 4) is 0 Å². The van der Waals surface area contributed by atoms with Gasteiger partial charge in [0.05, 0.1) is 5.41 Å². The van der Waals surface area contributed by atoms with Gasteiger partial charge in [-0.2, -0.15) is 0 Å². The number of halogens is 2. The largest absolute Gasteiger partial charge is 0.481 e. The number of hydrogen-bond acceptors (Lipinski definition) is 1. The molecule has 2 rings (SSSR count). The van der Waals surface area contributed by atoms with Crippen LogP contribution < -0.4 is 0 Å². The van der Waals surface area contributed by atoms with E-state index in [9.17, 15) is 18.7 Å². The Balaban J connectivity index is 2.16. The minimum absolute atomic E-state index is 0.149. The van der Waals surface area contributed by atoms with Crippen LogP contribution in [0.1, 0.15) is 49.7 Å². The number of aliphatic carboxylic acids is 1. The van der Waals surface area contributed by atoms with E-state index >= 15 is 0 Å². The highest BCUT2D eigenvalue weighted by Gasteiger charge is 2.41. The standard InChI is InChI=1S/C16H20F2O2/c17-14(18)9-6-12-4-7-13(8-5-12)16(15(19)20)10-2-1-3-11-16/h4-5,7-8,14H,1-3,6,9-11H2,(H,19,20). The molecule has 1 aliphatic carbocycles. The predicted octanol–water partition coefficient (Wildman–Crippen LogP) is 4.17. The fourth-order valence-electron chi connectivity index (χ4n) is 3.05. The van der Waals surface area contributed by atoms with Crippen LogP contribution >= 0.6 is 0 Å². The maximum atomic E-state index is 12.2. The van der Waals surface area contributed by atoms with E-state index in [0.717, 1.165) is 30.4 Å². The van der Waals surface area contributed by atoms with Gasteiger partial charge < -0.3 is 5.11 Å². The van der Waals surface area contributed by atoms with Crippen molar-refractivity contribution in [2.45, 2.75) is 56.8 Å². The first kappa shape index (κ1) is 14.9. The molecule has 0 radical (unpaired) electrons. The van der Waals surface area contributed by atoms with Crippen molar-refractivity contribution in [2.75, 3.05) is 0 Å². The Hall–Kier alpha value is -1.45. The summed E-state index contributed by atoms with van der Waals surface area (Å²) >= 11 is 0. The Kier molecular flexibility index (Phi) is 4.73. The molecule has 0 aromatic heterocycles. The van der Waals surface area contributed by atoms with Crippen LogP contribution in [0.3, 0.4) is 0 Å². The number of alkyl halides is 2. The maximum absolute atomic E-state index is 12.2. The van der Waals surface area contributed by atoms with E-state index in [1.807, 2.05) is 0 Å². The molecule has 0 amide bonds. The van der Waals surface area contributed by atoms with Gasteiger partial charge in [-0.25, -0.2) is 8.78 Å². The fourth-order valence-corrected chi connectivity index (χ4v) is 3.05. The highest BCUT2D eigenvalue weighted by atomic mass is 19.3. The van der Waals surface area contributed by atoms with Gasteiger partial charge >= 0.3 is 5.97 Å². The highest BCUT2D eigenvalue weighted by molar-refractivity contribution is 5.81. The minimum Gasteiger partial charge on any atom is -0.481 e. The molecule has 1 saturated carbocycles. The predicted molar refractivity (Wildman–Crippen MR) is 73.2 cm³/mol. The smallest absolute Gasteiger partial charge is 0.314 e. The van der Waals surface area contributed by atoms with E-state index in [1.165, 1.54) is 0 Å². The van der Waals surface area contributed by atoms with Crippen molar-refractivity contribution in [3.05, 3.63) is 35.4 Å². The van der Waals surface area contributed by atoms with E-state index in [1.54, 1.807) is 24.3 Å². The number of carbonyl (C=O) groups is 1. The number of aryl methyl sites for hydroxylation is 1. The first-order valence-electron chi connectivity index (χ1n) is 7.15. The summed E-state index contributed by atoms with van der Waals surface area (Å²) in [6, 6.07) is 7.19. The average Bonchev–Trinajstić information content (AvgIpc) is 2.46. The molecule has 0 atom stereocenters. The Labute approximate surface area is 117 Å². The molecule has 0 heterocycles. The molecule has 1 fully saturated rings. The topological polar surface area (TPSA) is 37.3 Å². The molecule has 20 heavy (non-hydrogen) atoms. The molecule has 0 unspecified atom stereocenters. The molecule has 0 aliphatic heterocycles. The first-order valence-corrected chi connectivity index (χ1v) is 7.15. The summed E-state index contributed by atoms with van der Waals surface area (Å²) in [5.74, 6) is -0.766. The van der Waals surface area contributed by atoms with Crippen LogP contribution in [-0.2, 0) is 16.6 Å². The van der Waals surface area contributed by atoms with Gasteiger partial charge in [0, 0.05) is 6.42 Å². The van der Waals surface area contributed by atoms with Gasteiger partial charge in [0.25, 0.3) is 0 Å². The SMILES string of the molecule is O=C(O)C1(c2ccc(CCC(F)F)cc2)CCCCC1. The molecular formula is C16H20F2O2. The molecule has 0 bridgehead atoms. The lowest BCUT2D eigenvalue weighted by atomic mass is 9.69. The molecule has 1 N–H and O–H groups in total. The molecule has 0 saturated heterocycles. The molecule has 110 valence electrons. The minimum atomic E-state index is -2.29. The van der Waals surface area contributed by atoms with Crippen LogP contribution in [0.15, 0.2) is 24.3 Å². The van der Waals surface area contributed by atoms with Crippen molar-refractivity contribution in [1.82, 2.24) is 0 Å². The summed E-state index contributed by atoms with van der Waals surface area (Å²) in [5.41, 5.74) is 0.871. The van der Waals surface area contributed by atoms with Gasteiger partial charge in [0.1, 0.15) is 0 Å². The van der Waals surface area contributed by atoms with Gasteiger partial charge in [0.2, 0.25) is 6.43 Å². The van der Waals surface area contributed by atoms with Crippen LogP contribution in [-0.4, -0.2) is 17.5 Å². The van der Waals surface area contributed by atoms with Crippen molar-refractivity contribution in [3.63, 3.8) is 0 Å². The summed E-state index contributed by atoms with van der Waals surface area (Å²) in [5, 5.41) is 9.59. The number of benzene rings is 1. The third-order valence-corrected chi connectivity index (χ3v) is 4.27. The van der Waals surface area contributed by atoms with E-state index in [2.05, 4.69) is 0 Å². The second-order valence-electron chi connectivity index (χ2n) is 5.57. The second kappa shape index (κ2) is 6.33. The third kappa shape index (κ3) is 3.17. The van der Waals surface area contributed by atoms with Crippen LogP contribution in [0.5, 0.6) is 0 Å². The number of carboxylic acid groups (broad SMARTS) is 1. The Bertz CT molecular complexity index is 448. The van der Waals surface area contributed by atoms with E-state index in [4.69, 9.17) is 0 Å². The van der Waals surface area contributed by atoms with Crippen molar-refractivity contribution in [1.29, 1.82) is 0 Å². The van der Waals surface area contributed by atoms with Gasteiger partial charge in [-0.3, -0.25) is 4.79 Å². The lowest BCUT2D eigenvalue weighted by Crippen LogP contribution is -2.37. The molecule has 4 heteroatoms. The summed E-state index contributed by atoms with van der Waals surface area (Å²) in [6.45, 7) is 0. The first-order chi connectivity index (χ1) is 9.54. The maximum Gasteiger partial charge on any atom is 0.314 e. The van der Waals surface area contributed by atoms with Crippen LogP contribution in [0.4, 0.5) is 8.78 Å². The molecule has 0 spiro atoms. The zero-order valence-electron chi connectivity index (χ0n) is 11.4. The molecular weight excluding hydrogens is 262 g/mol. The lowest BCUT2D eigenvalue weighted by Gasteiger charge is -2.33. The van der Waals surface area contributed by atoms with Gasteiger partial charge in [-0.05, 0) is 30.4 Å². The molecule has 1 aromatic carbocycles. The van der Waals surface area contributed by atoms with Gasteiger partial charge in [-0.1, -0.05) is 43.5 Å². The molecule has 2 nitrogen and oxygen atoms in total. The monoisotopic (exact) mass is 282 g/mol. The highest BCUT2D eigenvalue weighted by Crippen LogP contribution is 2.39. The van der Waals surface area contributed by atoms with Crippen LogP contribution in [0, 0.1) is 0 Å². The van der Waals surface area contributed by atoms with Crippen LogP contribution in [0.2, 0.25) is 0 Å².